The van der Waals surface area contributed by atoms with E-state index in [4.69, 9.17) is 14.7 Å². The van der Waals surface area contributed by atoms with Gasteiger partial charge in [-0.15, -0.1) is 0 Å². The van der Waals surface area contributed by atoms with Gasteiger partial charge in [0.2, 0.25) is 11.9 Å². The maximum Gasteiger partial charge on any atom is 0.224 e. The Kier molecular flexibility index (Phi) is 9.68. The van der Waals surface area contributed by atoms with E-state index in [0.717, 1.165) is 75.7 Å². The number of piperidine rings is 1. The summed E-state index contributed by atoms with van der Waals surface area (Å²) in [5.74, 6) is 1.11. The van der Waals surface area contributed by atoms with Crippen LogP contribution in [0, 0.1) is 18.7 Å². The molecular formula is C34H50FN7O2. The van der Waals surface area contributed by atoms with E-state index in [-0.39, 0.29) is 17.8 Å². The minimum atomic E-state index is -0.704. The van der Waals surface area contributed by atoms with Crippen molar-refractivity contribution < 1.29 is 14.2 Å². The number of aliphatic hydroxyl groups is 1. The van der Waals surface area contributed by atoms with Crippen molar-refractivity contribution in [2.75, 3.05) is 36.9 Å². The number of hydrogen-bond acceptors (Lipinski definition) is 8. The zero-order valence-electron chi connectivity index (χ0n) is 26.7. The van der Waals surface area contributed by atoms with Crippen molar-refractivity contribution in [1.29, 1.82) is 0 Å². The average Bonchev–Trinajstić information content (AvgIpc) is 3.37. The number of nitrogens with one attached hydrogen (secondary N) is 2. The van der Waals surface area contributed by atoms with E-state index in [2.05, 4.69) is 25.1 Å². The quantitative estimate of drug-likeness (QED) is 0.233. The van der Waals surface area contributed by atoms with Crippen LogP contribution in [0.5, 0.6) is 0 Å². The van der Waals surface area contributed by atoms with Gasteiger partial charge in [-0.25, -0.2) is 14.4 Å². The zero-order chi connectivity index (χ0) is 30.7. The second-order valence-electron chi connectivity index (χ2n) is 13.8. The Balaban J connectivity index is 1.15. The summed E-state index contributed by atoms with van der Waals surface area (Å²) < 4.78 is 23.3. The number of benzene rings is 1. The van der Waals surface area contributed by atoms with Crippen LogP contribution in [0.2, 0.25) is 0 Å². The van der Waals surface area contributed by atoms with E-state index in [1.54, 1.807) is 12.3 Å². The van der Waals surface area contributed by atoms with E-state index in [0.29, 0.717) is 35.2 Å². The van der Waals surface area contributed by atoms with E-state index in [9.17, 15) is 9.50 Å². The third-order valence-electron chi connectivity index (χ3n) is 10.2. The minimum absolute atomic E-state index is 0.133. The predicted molar refractivity (Wildman–Crippen MR) is 173 cm³/mol. The number of rotatable bonds is 10. The zero-order valence-corrected chi connectivity index (χ0v) is 26.7. The molecule has 0 atom stereocenters. The first-order valence-electron chi connectivity index (χ1n) is 16.8. The molecule has 240 valence electrons. The van der Waals surface area contributed by atoms with Crippen molar-refractivity contribution in [2.45, 2.75) is 115 Å². The van der Waals surface area contributed by atoms with Crippen LogP contribution in [0.25, 0.3) is 11.2 Å². The third kappa shape index (κ3) is 7.35. The number of likely N-dealkylation sites (tertiary alicyclic amines) is 1. The third-order valence-corrected chi connectivity index (χ3v) is 10.2. The largest absolute Gasteiger partial charge is 0.390 e. The van der Waals surface area contributed by atoms with E-state index < -0.39 is 5.60 Å². The summed E-state index contributed by atoms with van der Waals surface area (Å²) in [6, 6.07) is 5.51. The number of hydrogen-bond donors (Lipinski definition) is 3. The standard InChI is InChI=1S/C34H50FN7O2/c1-23-8-7-9-28(35)30(23)39-33-38-29-22-36-32(40-31(29)42(33)26-14-10-24(11-15-26)34(2,3)43)37-25-12-16-27(17-13-25)44-21-20-41-18-5-4-6-19-41/h7-9,22,24-27,43H,4-6,10-21H2,1-3H3,(H,38,39)(H,36,37,40)/t24-,25-,26+,27-. The highest BCUT2D eigenvalue weighted by Gasteiger charge is 2.34. The second-order valence-corrected chi connectivity index (χ2v) is 13.8. The SMILES string of the molecule is Cc1cccc(F)c1Nc1nc2cnc(N[C@H]3CC[C@H](OCCN4CCCCC4)CC3)nc2n1[C@H]1CC[C@@H](C(C)(C)O)CC1. The van der Waals surface area contributed by atoms with Crippen LogP contribution in [0.3, 0.4) is 0 Å². The first kappa shape index (κ1) is 31.2. The van der Waals surface area contributed by atoms with Gasteiger partial charge in [0.15, 0.2) is 5.65 Å². The number of ether oxygens (including phenoxy) is 1. The molecule has 0 spiro atoms. The van der Waals surface area contributed by atoms with Gasteiger partial charge >= 0.3 is 0 Å². The molecule has 3 aliphatic rings. The molecular weight excluding hydrogens is 557 g/mol. The van der Waals surface area contributed by atoms with Crippen LogP contribution in [-0.2, 0) is 4.74 Å². The molecule has 2 aromatic heterocycles. The number of fused-ring (bicyclic) bond motifs is 1. The summed E-state index contributed by atoms with van der Waals surface area (Å²) in [6.45, 7) is 10.00. The summed E-state index contributed by atoms with van der Waals surface area (Å²) in [7, 11) is 0. The molecule has 1 aromatic carbocycles. The molecule has 9 nitrogen and oxygen atoms in total. The van der Waals surface area contributed by atoms with E-state index in [1.807, 2.05) is 26.8 Å². The molecule has 0 unspecified atom stereocenters. The number of aromatic nitrogens is 4. The Hall–Kier alpha value is -2.82. The van der Waals surface area contributed by atoms with E-state index in [1.165, 1.54) is 38.4 Å². The van der Waals surface area contributed by atoms with Crippen LogP contribution >= 0.6 is 0 Å². The highest BCUT2D eigenvalue weighted by Crippen LogP contribution is 2.41. The smallest absolute Gasteiger partial charge is 0.224 e. The number of aryl methyl sites for hydroxylation is 1. The second kappa shape index (κ2) is 13.7. The first-order valence-corrected chi connectivity index (χ1v) is 16.8. The van der Waals surface area contributed by atoms with Crippen LogP contribution in [0.1, 0.15) is 96.1 Å². The lowest BCUT2D eigenvalue weighted by Crippen LogP contribution is -2.35. The number of halogens is 1. The van der Waals surface area contributed by atoms with Gasteiger partial charge in [-0.05, 0) is 116 Å². The fourth-order valence-electron chi connectivity index (χ4n) is 7.42. The fraction of sp³-hybridized carbons (Fsp3) is 0.676. The van der Waals surface area contributed by atoms with Crippen LogP contribution < -0.4 is 10.6 Å². The lowest BCUT2D eigenvalue weighted by Gasteiger charge is -2.36. The molecule has 3 N–H and O–H groups in total. The maximum absolute atomic E-state index is 14.9. The van der Waals surface area contributed by atoms with Crippen molar-refractivity contribution in [2.24, 2.45) is 5.92 Å². The number of anilines is 3. The van der Waals surface area contributed by atoms with Crippen molar-refractivity contribution in [3.63, 3.8) is 0 Å². The van der Waals surface area contributed by atoms with Gasteiger partial charge in [-0.1, -0.05) is 18.6 Å². The molecule has 3 heterocycles. The highest BCUT2D eigenvalue weighted by atomic mass is 19.1. The Morgan fingerprint density at radius 1 is 1.00 bits per heavy atom. The predicted octanol–water partition coefficient (Wildman–Crippen LogP) is 6.75. The normalized spacial score (nSPS) is 25.3. The molecule has 3 aromatic rings. The number of imidazole rings is 1. The fourth-order valence-corrected chi connectivity index (χ4v) is 7.42. The summed E-state index contributed by atoms with van der Waals surface area (Å²) >= 11 is 0. The first-order chi connectivity index (χ1) is 21.2. The molecule has 44 heavy (non-hydrogen) atoms. The monoisotopic (exact) mass is 607 g/mol. The van der Waals surface area contributed by atoms with Crippen LogP contribution in [0.15, 0.2) is 24.4 Å². The molecule has 0 amide bonds. The summed E-state index contributed by atoms with van der Waals surface area (Å²) in [4.78, 5) is 17.0. The van der Waals surface area contributed by atoms with Gasteiger partial charge in [0.1, 0.15) is 11.3 Å². The minimum Gasteiger partial charge on any atom is -0.390 e. The summed E-state index contributed by atoms with van der Waals surface area (Å²) in [6.07, 6.45) is 13.8. The molecule has 1 aliphatic heterocycles. The van der Waals surface area contributed by atoms with Gasteiger partial charge in [0.05, 0.1) is 30.2 Å². The summed E-state index contributed by atoms with van der Waals surface area (Å²) in [5, 5.41) is 17.5. The van der Waals surface area contributed by atoms with Crippen molar-refractivity contribution in [1.82, 2.24) is 24.4 Å². The molecule has 0 bridgehead atoms. The molecule has 0 radical (unpaired) electrons. The molecule has 3 fully saturated rings. The topological polar surface area (TPSA) is 100 Å². The average molecular weight is 608 g/mol. The lowest BCUT2D eigenvalue weighted by atomic mass is 9.77. The van der Waals surface area contributed by atoms with Crippen LogP contribution in [0.4, 0.5) is 22.0 Å². The molecule has 2 saturated carbocycles. The van der Waals surface area contributed by atoms with Gasteiger partial charge in [0.25, 0.3) is 0 Å². The highest BCUT2D eigenvalue weighted by molar-refractivity contribution is 5.77. The molecule has 2 aliphatic carbocycles. The molecule has 10 heteroatoms. The Labute approximate surface area is 261 Å². The Morgan fingerprint density at radius 3 is 2.45 bits per heavy atom. The van der Waals surface area contributed by atoms with Gasteiger partial charge in [0, 0.05) is 18.6 Å². The van der Waals surface area contributed by atoms with Crippen molar-refractivity contribution in [3.05, 3.63) is 35.8 Å². The Morgan fingerprint density at radius 2 is 1.75 bits per heavy atom. The molecule has 6 rings (SSSR count). The van der Waals surface area contributed by atoms with Gasteiger partial charge in [-0.3, -0.25) is 4.57 Å². The van der Waals surface area contributed by atoms with Crippen molar-refractivity contribution in [3.8, 4) is 0 Å². The van der Waals surface area contributed by atoms with Gasteiger partial charge in [-0.2, -0.15) is 4.98 Å². The Bertz CT molecular complexity index is 1360. The van der Waals surface area contributed by atoms with E-state index >= 15 is 0 Å². The number of nitrogens with zero attached hydrogens (tertiary/aromatic N) is 5. The summed E-state index contributed by atoms with van der Waals surface area (Å²) in [5.41, 5.74) is 1.97. The van der Waals surface area contributed by atoms with Crippen molar-refractivity contribution >= 4 is 28.7 Å². The maximum atomic E-state index is 14.9. The lowest BCUT2D eigenvalue weighted by molar-refractivity contribution is -0.00457. The van der Waals surface area contributed by atoms with Crippen LogP contribution in [-0.4, -0.2) is 73.5 Å². The number of para-hydroxylation sites is 1. The van der Waals surface area contributed by atoms with Gasteiger partial charge < -0.3 is 25.4 Å². The molecule has 1 saturated heterocycles.